The van der Waals surface area contributed by atoms with E-state index >= 15 is 0 Å². The lowest BCUT2D eigenvalue weighted by Crippen LogP contribution is -2.31. The van der Waals surface area contributed by atoms with Crippen LogP contribution in [-0.4, -0.2) is 35.2 Å². The molecule has 3 aromatic carbocycles. The van der Waals surface area contributed by atoms with Crippen molar-refractivity contribution in [2.75, 3.05) is 16.1 Å². The van der Waals surface area contributed by atoms with Crippen LogP contribution in [0.4, 0.5) is 11.4 Å². The van der Waals surface area contributed by atoms with Gasteiger partial charge >= 0.3 is 0 Å². The number of thiophene rings is 1. The van der Waals surface area contributed by atoms with Gasteiger partial charge in [0.15, 0.2) is 0 Å². The number of hydrogen-bond acceptors (Lipinski definition) is 7. The first-order valence-corrected chi connectivity index (χ1v) is 14.7. The quantitative estimate of drug-likeness (QED) is 0.183. The van der Waals surface area contributed by atoms with E-state index in [0.717, 1.165) is 9.77 Å². The van der Waals surface area contributed by atoms with Gasteiger partial charge in [-0.2, -0.15) is 10.1 Å². The number of carbonyl (C=O) groups excluding carboxylic acids is 4. The Kier molecular flexibility index (Phi) is 9.22. The maximum atomic E-state index is 13.2. The number of hydrogen-bond donors (Lipinski definition) is 3. The molecule has 210 valence electrons. The Morgan fingerprint density at radius 1 is 0.905 bits per heavy atom. The number of carbonyl (C=O) groups is 4. The van der Waals surface area contributed by atoms with E-state index in [1.165, 1.54) is 28.1 Å². The number of anilines is 2. The molecule has 42 heavy (non-hydrogen) atoms. The minimum Gasteiger partial charge on any atom is -0.321 e. The molecule has 0 saturated carbocycles. The molecule has 11 heteroatoms. The van der Waals surface area contributed by atoms with Crippen LogP contribution < -0.4 is 21.0 Å². The van der Waals surface area contributed by atoms with E-state index in [9.17, 15) is 19.2 Å². The summed E-state index contributed by atoms with van der Waals surface area (Å²) in [7, 11) is 0. The minimum absolute atomic E-state index is 0.00888. The molecule has 1 aromatic heterocycles. The maximum Gasteiger partial charge on any atom is 0.272 e. The number of nitrogens with zero attached hydrogens (tertiary/aromatic N) is 2. The molecular formula is C31H25N5O4S2. The molecule has 0 unspecified atom stereocenters. The first kappa shape index (κ1) is 28.5. The number of para-hydroxylation sites is 1. The fourth-order valence-electron chi connectivity index (χ4n) is 3.94. The van der Waals surface area contributed by atoms with Crippen molar-refractivity contribution >= 4 is 70.0 Å². The normalized spacial score (nSPS) is 13.0. The van der Waals surface area contributed by atoms with Crippen LogP contribution >= 0.6 is 23.1 Å². The second kappa shape index (κ2) is 13.6. The highest BCUT2D eigenvalue weighted by atomic mass is 32.2. The Bertz CT molecular complexity index is 1660. The molecule has 4 aromatic rings. The van der Waals surface area contributed by atoms with Gasteiger partial charge in [-0.3, -0.25) is 19.2 Å². The van der Waals surface area contributed by atoms with Crippen LogP contribution in [0.3, 0.4) is 0 Å². The van der Waals surface area contributed by atoms with Crippen LogP contribution in [-0.2, 0) is 14.4 Å². The molecule has 0 spiro atoms. The standard InChI is InChI=1S/C31H25N5O4S2/c37-28(34-27-19-29(38)36(35-27)23-12-5-2-6-13-23)20-42-24-14-7-11-22(17-24)32-31(40)26(18-25-15-8-16-41-25)33-30(39)21-9-3-1-4-10-21/h1-18H,19-20H2,(H,32,40)(H,33,39)(H,34,35,37)/b26-18-. The summed E-state index contributed by atoms with van der Waals surface area (Å²) in [6, 6.07) is 28.4. The largest absolute Gasteiger partial charge is 0.321 e. The highest BCUT2D eigenvalue weighted by Gasteiger charge is 2.26. The molecule has 1 aliphatic heterocycles. The van der Waals surface area contributed by atoms with Gasteiger partial charge in [0.2, 0.25) is 5.91 Å². The van der Waals surface area contributed by atoms with Gasteiger partial charge in [0.05, 0.1) is 17.9 Å². The van der Waals surface area contributed by atoms with E-state index in [4.69, 9.17) is 0 Å². The SMILES string of the molecule is O=C(CSc1cccc(NC(=O)/C(=C/c2cccs2)NC(=O)c2ccccc2)c1)NC1=NN(c2ccccc2)C(=O)C1. The van der Waals surface area contributed by atoms with Crippen LogP contribution in [0.2, 0.25) is 0 Å². The molecule has 0 radical (unpaired) electrons. The minimum atomic E-state index is -0.487. The molecule has 3 N–H and O–H groups in total. The van der Waals surface area contributed by atoms with Crippen molar-refractivity contribution in [1.29, 1.82) is 0 Å². The molecule has 5 rings (SSSR count). The van der Waals surface area contributed by atoms with Crippen LogP contribution in [0.1, 0.15) is 21.7 Å². The van der Waals surface area contributed by atoms with Gasteiger partial charge in [-0.1, -0.05) is 48.5 Å². The second-order valence-electron chi connectivity index (χ2n) is 8.98. The zero-order valence-corrected chi connectivity index (χ0v) is 23.8. The summed E-state index contributed by atoms with van der Waals surface area (Å²) >= 11 is 2.71. The predicted octanol–water partition coefficient (Wildman–Crippen LogP) is 5.12. The first-order chi connectivity index (χ1) is 20.4. The fraction of sp³-hybridized carbons (Fsp3) is 0.0645. The van der Waals surface area contributed by atoms with Crippen LogP contribution in [0.5, 0.6) is 0 Å². The van der Waals surface area contributed by atoms with E-state index in [0.29, 0.717) is 16.9 Å². The Hall–Kier alpha value is -5.00. The van der Waals surface area contributed by atoms with Crippen molar-refractivity contribution in [2.45, 2.75) is 11.3 Å². The Balaban J connectivity index is 1.20. The van der Waals surface area contributed by atoms with Crippen LogP contribution in [0, 0.1) is 0 Å². The Labute approximate surface area is 250 Å². The molecular weight excluding hydrogens is 571 g/mol. The van der Waals surface area contributed by atoms with Crippen molar-refractivity contribution in [1.82, 2.24) is 10.6 Å². The summed E-state index contributed by atoms with van der Waals surface area (Å²) in [5, 5.41) is 15.7. The van der Waals surface area contributed by atoms with Gasteiger partial charge < -0.3 is 16.0 Å². The van der Waals surface area contributed by atoms with Crippen molar-refractivity contribution in [3.05, 3.63) is 119 Å². The summed E-state index contributed by atoms with van der Waals surface area (Å²) in [6.07, 6.45) is 1.63. The number of hydrazone groups is 1. The Morgan fingerprint density at radius 3 is 2.40 bits per heavy atom. The lowest BCUT2D eigenvalue weighted by atomic mass is 10.2. The summed E-state index contributed by atoms with van der Waals surface area (Å²) in [6.45, 7) is 0. The number of nitrogens with one attached hydrogen (secondary N) is 3. The predicted molar refractivity (Wildman–Crippen MR) is 166 cm³/mol. The molecule has 0 atom stereocenters. The number of rotatable bonds is 9. The van der Waals surface area contributed by atoms with Gasteiger partial charge in [-0.05, 0) is 60.0 Å². The first-order valence-electron chi connectivity index (χ1n) is 12.9. The van der Waals surface area contributed by atoms with Gasteiger partial charge in [-0.15, -0.1) is 23.1 Å². The average Bonchev–Trinajstić information content (AvgIpc) is 3.66. The third kappa shape index (κ3) is 7.59. The molecule has 4 amide bonds. The lowest BCUT2D eigenvalue weighted by molar-refractivity contribution is -0.117. The van der Waals surface area contributed by atoms with Crippen molar-refractivity contribution in [3.63, 3.8) is 0 Å². The van der Waals surface area contributed by atoms with Crippen molar-refractivity contribution in [2.24, 2.45) is 5.10 Å². The van der Waals surface area contributed by atoms with Gasteiger partial charge in [0.1, 0.15) is 11.5 Å². The molecule has 2 heterocycles. The van der Waals surface area contributed by atoms with E-state index in [2.05, 4.69) is 21.1 Å². The van der Waals surface area contributed by atoms with Crippen LogP contribution in [0.15, 0.2) is 118 Å². The fourth-order valence-corrected chi connectivity index (χ4v) is 5.35. The Morgan fingerprint density at radius 2 is 1.67 bits per heavy atom. The number of amides is 4. The van der Waals surface area contributed by atoms with Crippen molar-refractivity contribution < 1.29 is 19.2 Å². The average molecular weight is 596 g/mol. The van der Waals surface area contributed by atoms with E-state index in [1.807, 2.05) is 47.8 Å². The molecule has 0 fully saturated rings. The molecule has 1 aliphatic rings. The zero-order valence-electron chi connectivity index (χ0n) is 22.2. The molecule has 9 nitrogen and oxygen atoms in total. The van der Waals surface area contributed by atoms with E-state index in [-0.39, 0.29) is 35.5 Å². The zero-order chi connectivity index (χ0) is 29.3. The summed E-state index contributed by atoms with van der Waals surface area (Å²) in [5.74, 6) is -1.05. The van der Waals surface area contributed by atoms with Gasteiger partial charge in [-0.25, -0.2) is 0 Å². The van der Waals surface area contributed by atoms with Gasteiger partial charge in [0.25, 0.3) is 17.7 Å². The highest BCUT2D eigenvalue weighted by molar-refractivity contribution is 8.00. The molecule has 0 saturated heterocycles. The maximum absolute atomic E-state index is 13.2. The molecule has 0 aliphatic carbocycles. The van der Waals surface area contributed by atoms with E-state index in [1.54, 1.807) is 60.7 Å². The summed E-state index contributed by atoms with van der Waals surface area (Å²) < 4.78 is 0. The summed E-state index contributed by atoms with van der Waals surface area (Å²) in [4.78, 5) is 52.5. The summed E-state index contributed by atoms with van der Waals surface area (Å²) in [5.41, 5.74) is 1.66. The second-order valence-corrected chi connectivity index (χ2v) is 11.0. The van der Waals surface area contributed by atoms with Crippen LogP contribution in [0.25, 0.3) is 6.08 Å². The monoisotopic (exact) mass is 595 g/mol. The van der Waals surface area contributed by atoms with E-state index < -0.39 is 11.8 Å². The lowest BCUT2D eigenvalue weighted by Gasteiger charge is -2.12. The highest BCUT2D eigenvalue weighted by Crippen LogP contribution is 2.23. The molecule has 0 bridgehead atoms. The topological polar surface area (TPSA) is 120 Å². The third-order valence-corrected chi connectivity index (χ3v) is 7.69. The number of amidine groups is 1. The van der Waals surface area contributed by atoms with Crippen molar-refractivity contribution in [3.8, 4) is 0 Å². The smallest absolute Gasteiger partial charge is 0.272 e. The number of benzene rings is 3. The third-order valence-electron chi connectivity index (χ3n) is 5.88. The van der Waals surface area contributed by atoms with Gasteiger partial charge in [0, 0.05) is 21.0 Å². The number of thioether (sulfide) groups is 1.